The molecule has 0 atom stereocenters. The first-order chi connectivity index (χ1) is 10.5. The topological polar surface area (TPSA) is 102 Å². The maximum absolute atomic E-state index is 11.6. The van der Waals surface area contributed by atoms with Crippen LogP contribution < -0.4 is 14.2 Å². The standard InChI is InChI=1S/C15H12O7/c1-20-9-2-4-10(5-3-9)21-15(19)22-11-6-7-12(14(17)18)13(16)8-11/h2-8,16H,1H3,(H,17,18). The summed E-state index contributed by atoms with van der Waals surface area (Å²) in [4.78, 5) is 22.3. The van der Waals surface area contributed by atoms with Crippen LogP contribution in [0.25, 0.3) is 0 Å². The Labute approximate surface area is 125 Å². The van der Waals surface area contributed by atoms with Crippen LogP contribution in [0.2, 0.25) is 0 Å². The summed E-state index contributed by atoms with van der Waals surface area (Å²) in [7, 11) is 1.51. The molecule has 0 aromatic heterocycles. The van der Waals surface area contributed by atoms with Crippen molar-refractivity contribution in [2.24, 2.45) is 0 Å². The van der Waals surface area contributed by atoms with Crippen LogP contribution in [0.15, 0.2) is 42.5 Å². The minimum atomic E-state index is -1.29. The van der Waals surface area contributed by atoms with Gasteiger partial charge in [-0.1, -0.05) is 0 Å². The molecule has 0 spiro atoms. The first-order valence-electron chi connectivity index (χ1n) is 6.09. The van der Waals surface area contributed by atoms with E-state index in [2.05, 4.69) is 0 Å². The maximum atomic E-state index is 11.6. The molecule has 7 nitrogen and oxygen atoms in total. The van der Waals surface area contributed by atoms with Crippen molar-refractivity contribution in [3.63, 3.8) is 0 Å². The lowest BCUT2D eigenvalue weighted by atomic mass is 10.2. The second-order valence-corrected chi connectivity index (χ2v) is 4.11. The van der Waals surface area contributed by atoms with Crippen LogP contribution in [-0.2, 0) is 0 Å². The number of aromatic carboxylic acids is 1. The van der Waals surface area contributed by atoms with Crippen molar-refractivity contribution in [2.75, 3.05) is 7.11 Å². The lowest BCUT2D eigenvalue weighted by Gasteiger charge is -2.07. The van der Waals surface area contributed by atoms with E-state index in [1.807, 2.05) is 0 Å². The largest absolute Gasteiger partial charge is 0.519 e. The Morgan fingerprint density at radius 2 is 1.45 bits per heavy atom. The van der Waals surface area contributed by atoms with Crippen LogP contribution >= 0.6 is 0 Å². The molecule has 0 aliphatic carbocycles. The quantitative estimate of drug-likeness (QED) is 0.661. The SMILES string of the molecule is COc1ccc(OC(=O)Oc2ccc(C(=O)O)c(O)c2)cc1. The zero-order chi connectivity index (χ0) is 16.1. The Morgan fingerprint density at radius 1 is 0.909 bits per heavy atom. The monoisotopic (exact) mass is 304 g/mol. The summed E-state index contributed by atoms with van der Waals surface area (Å²) < 4.78 is 14.7. The van der Waals surface area contributed by atoms with E-state index in [9.17, 15) is 14.7 Å². The molecule has 0 bridgehead atoms. The minimum absolute atomic E-state index is 0.0407. The molecule has 0 fully saturated rings. The van der Waals surface area contributed by atoms with Crippen LogP contribution in [0.5, 0.6) is 23.0 Å². The van der Waals surface area contributed by atoms with Crippen molar-refractivity contribution in [1.82, 2.24) is 0 Å². The van der Waals surface area contributed by atoms with Gasteiger partial charge >= 0.3 is 12.1 Å². The van der Waals surface area contributed by atoms with E-state index in [0.29, 0.717) is 5.75 Å². The molecule has 22 heavy (non-hydrogen) atoms. The van der Waals surface area contributed by atoms with Crippen LogP contribution in [0.1, 0.15) is 10.4 Å². The van der Waals surface area contributed by atoms with Gasteiger partial charge in [-0.3, -0.25) is 0 Å². The average molecular weight is 304 g/mol. The maximum Gasteiger partial charge on any atom is 0.519 e. The van der Waals surface area contributed by atoms with Crippen molar-refractivity contribution < 1.29 is 34.0 Å². The number of carboxylic acids is 1. The van der Waals surface area contributed by atoms with Gasteiger partial charge in [0.15, 0.2) is 0 Å². The molecule has 0 unspecified atom stereocenters. The smallest absolute Gasteiger partial charge is 0.507 e. The molecular weight excluding hydrogens is 292 g/mol. The fourth-order valence-electron chi connectivity index (χ4n) is 1.61. The summed E-state index contributed by atoms with van der Waals surface area (Å²) >= 11 is 0. The van der Waals surface area contributed by atoms with E-state index < -0.39 is 17.9 Å². The fourth-order valence-corrected chi connectivity index (χ4v) is 1.61. The van der Waals surface area contributed by atoms with E-state index >= 15 is 0 Å². The first-order valence-corrected chi connectivity index (χ1v) is 6.09. The number of methoxy groups -OCH3 is 1. The molecule has 0 amide bonds. The Bertz CT molecular complexity index is 692. The average Bonchev–Trinajstić information content (AvgIpc) is 2.47. The number of carbonyl (C=O) groups is 2. The van der Waals surface area contributed by atoms with E-state index in [0.717, 1.165) is 12.1 Å². The van der Waals surface area contributed by atoms with Gasteiger partial charge in [-0.2, -0.15) is 0 Å². The number of hydrogen-bond donors (Lipinski definition) is 2. The Hall–Kier alpha value is -3.22. The summed E-state index contributed by atoms with van der Waals surface area (Å²) in [5.74, 6) is -0.986. The van der Waals surface area contributed by atoms with Crippen molar-refractivity contribution in [3.05, 3.63) is 48.0 Å². The molecule has 0 aliphatic heterocycles. The zero-order valence-electron chi connectivity index (χ0n) is 11.5. The van der Waals surface area contributed by atoms with Crippen LogP contribution in [0.4, 0.5) is 4.79 Å². The lowest BCUT2D eigenvalue weighted by Crippen LogP contribution is -2.13. The molecule has 114 valence electrons. The predicted octanol–water partition coefficient (Wildman–Crippen LogP) is 2.68. The summed E-state index contributed by atoms with van der Waals surface area (Å²) in [6, 6.07) is 9.62. The molecule has 0 radical (unpaired) electrons. The van der Waals surface area contributed by atoms with Crippen LogP contribution in [-0.4, -0.2) is 29.4 Å². The molecule has 2 rings (SSSR count). The summed E-state index contributed by atoms with van der Waals surface area (Å²) in [6.07, 6.45) is -1.02. The van der Waals surface area contributed by atoms with Gasteiger partial charge in [0.05, 0.1) is 7.11 Å². The molecule has 0 aliphatic rings. The van der Waals surface area contributed by atoms with E-state index in [4.69, 9.17) is 19.3 Å². The van der Waals surface area contributed by atoms with E-state index in [-0.39, 0.29) is 17.1 Å². The normalized spacial score (nSPS) is 9.86. The van der Waals surface area contributed by atoms with E-state index in [1.54, 1.807) is 12.1 Å². The molecule has 0 heterocycles. The van der Waals surface area contributed by atoms with Crippen molar-refractivity contribution in [1.29, 1.82) is 0 Å². The molecule has 0 saturated carbocycles. The van der Waals surface area contributed by atoms with Gasteiger partial charge in [0.2, 0.25) is 0 Å². The van der Waals surface area contributed by atoms with Gasteiger partial charge in [0, 0.05) is 6.07 Å². The number of carboxylic acid groups (broad SMARTS) is 1. The second-order valence-electron chi connectivity index (χ2n) is 4.11. The molecule has 7 heteroatoms. The third-order valence-corrected chi connectivity index (χ3v) is 2.66. The van der Waals surface area contributed by atoms with E-state index in [1.165, 1.54) is 25.3 Å². The molecule has 2 aromatic carbocycles. The fraction of sp³-hybridized carbons (Fsp3) is 0.0667. The molecule has 0 saturated heterocycles. The number of carbonyl (C=O) groups excluding carboxylic acids is 1. The highest BCUT2D eigenvalue weighted by atomic mass is 16.7. The van der Waals surface area contributed by atoms with Crippen LogP contribution in [0, 0.1) is 0 Å². The summed E-state index contributed by atoms with van der Waals surface area (Å²) in [5, 5.41) is 18.3. The number of rotatable bonds is 4. The van der Waals surface area contributed by atoms with Gasteiger partial charge in [0.25, 0.3) is 0 Å². The summed E-state index contributed by atoms with van der Waals surface area (Å²) in [5.41, 5.74) is -0.295. The molecular formula is C15H12O7. The van der Waals surface area contributed by atoms with Crippen LogP contribution in [0.3, 0.4) is 0 Å². The Balaban J connectivity index is 2.02. The minimum Gasteiger partial charge on any atom is -0.507 e. The Kier molecular flexibility index (Phi) is 4.47. The third kappa shape index (κ3) is 3.66. The van der Waals surface area contributed by atoms with Gasteiger partial charge in [-0.05, 0) is 36.4 Å². The number of aromatic hydroxyl groups is 1. The molecule has 2 N–H and O–H groups in total. The van der Waals surface area contributed by atoms with Gasteiger partial charge in [0.1, 0.15) is 28.6 Å². The molecule has 2 aromatic rings. The first kappa shape index (κ1) is 15.2. The number of benzene rings is 2. The second kappa shape index (κ2) is 6.49. The predicted molar refractivity (Wildman–Crippen MR) is 74.7 cm³/mol. The van der Waals surface area contributed by atoms with Gasteiger partial charge in [-0.25, -0.2) is 9.59 Å². The summed E-state index contributed by atoms with van der Waals surface area (Å²) in [6.45, 7) is 0. The third-order valence-electron chi connectivity index (χ3n) is 2.66. The number of ether oxygens (including phenoxy) is 3. The number of hydrogen-bond acceptors (Lipinski definition) is 6. The zero-order valence-corrected chi connectivity index (χ0v) is 11.5. The highest BCUT2D eigenvalue weighted by molar-refractivity contribution is 5.91. The van der Waals surface area contributed by atoms with Crippen molar-refractivity contribution >= 4 is 12.1 Å². The number of phenols is 1. The highest BCUT2D eigenvalue weighted by Crippen LogP contribution is 2.24. The van der Waals surface area contributed by atoms with Gasteiger partial charge < -0.3 is 24.4 Å². The lowest BCUT2D eigenvalue weighted by molar-refractivity contribution is 0.0693. The Morgan fingerprint density at radius 3 is 2.00 bits per heavy atom. The van der Waals surface area contributed by atoms with Gasteiger partial charge in [-0.15, -0.1) is 0 Å². The van der Waals surface area contributed by atoms with Crippen molar-refractivity contribution in [3.8, 4) is 23.0 Å². The van der Waals surface area contributed by atoms with Crippen molar-refractivity contribution in [2.45, 2.75) is 0 Å². The highest BCUT2D eigenvalue weighted by Gasteiger charge is 2.13.